The summed E-state index contributed by atoms with van der Waals surface area (Å²) in [4.78, 5) is 23.4. The van der Waals surface area contributed by atoms with Crippen LogP contribution in [0.25, 0.3) is 101 Å². The van der Waals surface area contributed by atoms with Gasteiger partial charge in [-0.05, 0) is 121 Å². The van der Waals surface area contributed by atoms with Crippen LogP contribution >= 0.6 is 0 Å². The predicted molar refractivity (Wildman–Crippen MR) is 236 cm³/mol. The summed E-state index contributed by atoms with van der Waals surface area (Å²) >= 11 is 0. The van der Waals surface area contributed by atoms with Crippen molar-refractivity contribution in [1.29, 1.82) is 0 Å². The number of pyridine rings is 2. The molecule has 0 spiro atoms. The standard InChI is InChI=1S/C53H35N5/c1-2-12-37(13-3-1)50-33-46(51-56-52(47-21-9-27-54-34-47)58-53(57-51)48-22-10-28-55-35-48)25-26-49(50)45-20-8-19-43(32-45)41-17-6-15-39(30-41)40-16-7-18-42(31-40)44-24-23-36-11-4-5-14-38(36)29-44/h1-35H. The second-order valence-corrected chi connectivity index (χ2v) is 14.2. The van der Waals surface area contributed by atoms with Crippen LogP contribution in [-0.2, 0) is 0 Å². The van der Waals surface area contributed by atoms with Crippen LogP contribution in [0.1, 0.15) is 0 Å². The average Bonchev–Trinajstić information content (AvgIpc) is 3.32. The minimum absolute atomic E-state index is 0.553. The van der Waals surface area contributed by atoms with Crippen molar-refractivity contribution in [2.24, 2.45) is 0 Å². The number of hydrogen-bond acceptors (Lipinski definition) is 5. The molecule has 0 aliphatic heterocycles. The Hall–Kier alpha value is -7.89. The van der Waals surface area contributed by atoms with Crippen molar-refractivity contribution >= 4 is 10.8 Å². The Kier molecular flexibility index (Phi) is 9.14. The molecule has 10 aromatic rings. The lowest BCUT2D eigenvalue weighted by atomic mass is 9.90. The largest absolute Gasteiger partial charge is 0.264 e. The Morgan fingerprint density at radius 1 is 0.241 bits per heavy atom. The summed E-state index contributed by atoms with van der Waals surface area (Å²) in [5.74, 6) is 1.68. The number of benzene rings is 7. The molecular weight excluding hydrogens is 707 g/mol. The molecule has 3 aromatic heterocycles. The van der Waals surface area contributed by atoms with Crippen LogP contribution in [-0.4, -0.2) is 24.9 Å². The first-order chi connectivity index (χ1) is 28.7. The van der Waals surface area contributed by atoms with Gasteiger partial charge in [0.1, 0.15) is 0 Å². The van der Waals surface area contributed by atoms with E-state index in [0.717, 1.165) is 50.1 Å². The number of nitrogens with zero attached hydrogens (tertiary/aromatic N) is 5. The molecule has 0 radical (unpaired) electrons. The molecule has 10 rings (SSSR count). The van der Waals surface area contributed by atoms with Crippen LogP contribution in [0.2, 0.25) is 0 Å². The third-order valence-corrected chi connectivity index (χ3v) is 10.5. The first-order valence-electron chi connectivity index (χ1n) is 19.3. The maximum atomic E-state index is 4.98. The highest BCUT2D eigenvalue weighted by Crippen LogP contribution is 2.38. The van der Waals surface area contributed by atoms with Crippen LogP contribution < -0.4 is 0 Å². The predicted octanol–water partition coefficient (Wildman–Crippen LogP) is 13.2. The summed E-state index contributed by atoms with van der Waals surface area (Å²) in [6, 6.07) is 66.3. The highest BCUT2D eigenvalue weighted by molar-refractivity contribution is 5.90. The minimum Gasteiger partial charge on any atom is -0.264 e. The molecule has 0 atom stereocenters. The van der Waals surface area contributed by atoms with Crippen molar-refractivity contribution in [1.82, 2.24) is 24.9 Å². The van der Waals surface area contributed by atoms with Crippen molar-refractivity contribution in [2.45, 2.75) is 0 Å². The van der Waals surface area contributed by atoms with Gasteiger partial charge in [-0.2, -0.15) is 0 Å². The van der Waals surface area contributed by atoms with Crippen LogP contribution in [0.15, 0.2) is 213 Å². The van der Waals surface area contributed by atoms with Crippen molar-refractivity contribution in [3.63, 3.8) is 0 Å². The highest BCUT2D eigenvalue weighted by Gasteiger charge is 2.16. The zero-order valence-corrected chi connectivity index (χ0v) is 31.4. The lowest BCUT2D eigenvalue weighted by Crippen LogP contribution is -2.01. The Bertz CT molecular complexity index is 3000. The maximum absolute atomic E-state index is 4.98. The van der Waals surface area contributed by atoms with Crippen molar-refractivity contribution in [3.8, 4) is 89.8 Å². The number of hydrogen-bond donors (Lipinski definition) is 0. The average molecular weight is 742 g/mol. The van der Waals surface area contributed by atoms with Gasteiger partial charge in [0, 0.05) is 41.5 Å². The molecule has 0 unspecified atom stereocenters. The van der Waals surface area contributed by atoms with E-state index in [2.05, 4.69) is 168 Å². The molecule has 0 N–H and O–H groups in total. The van der Waals surface area contributed by atoms with Crippen LogP contribution in [0, 0.1) is 0 Å². The minimum atomic E-state index is 0.553. The molecular formula is C53H35N5. The van der Waals surface area contributed by atoms with Gasteiger partial charge in [0.15, 0.2) is 17.5 Å². The second-order valence-electron chi connectivity index (χ2n) is 14.2. The SMILES string of the molecule is c1ccc(-c2cc(-c3nc(-c4cccnc4)nc(-c4cccnc4)n3)ccc2-c2cccc(-c3cccc(-c4cccc(-c5ccc6ccccc6c5)c4)c3)c2)cc1. The van der Waals surface area contributed by atoms with Gasteiger partial charge in [0.25, 0.3) is 0 Å². The van der Waals surface area contributed by atoms with Gasteiger partial charge in [0.05, 0.1) is 0 Å². The highest BCUT2D eigenvalue weighted by atomic mass is 15.0. The third kappa shape index (κ3) is 7.04. The van der Waals surface area contributed by atoms with Crippen LogP contribution in [0.4, 0.5) is 0 Å². The maximum Gasteiger partial charge on any atom is 0.165 e. The summed E-state index contributed by atoms with van der Waals surface area (Å²) in [5, 5.41) is 2.49. The zero-order valence-electron chi connectivity index (χ0n) is 31.4. The zero-order chi connectivity index (χ0) is 38.7. The van der Waals surface area contributed by atoms with Gasteiger partial charge in [-0.25, -0.2) is 15.0 Å². The first-order valence-corrected chi connectivity index (χ1v) is 19.3. The molecule has 5 heteroatoms. The van der Waals surface area contributed by atoms with E-state index in [1.165, 1.54) is 33.0 Å². The molecule has 0 fully saturated rings. The summed E-state index contributed by atoms with van der Waals surface area (Å²) in [6.45, 7) is 0. The molecule has 58 heavy (non-hydrogen) atoms. The van der Waals surface area contributed by atoms with Gasteiger partial charge >= 0.3 is 0 Å². The van der Waals surface area contributed by atoms with E-state index in [1.54, 1.807) is 24.8 Å². The number of rotatable bonds is 8. The van der Waals surface area contributed by atoms with Crippen molar-refractivity contribution in [2.75, 3.05) is 0 Å². The van der Waals surface area contributed by atoms with Crippen molar-refractivity contribution < 1.29 is 0 Å². The molecule has 5 nitrogen and oxygen atoms in total. The fourth-order valence-corrected chi connectivity index (χ4v) is 7.54. The fraction of sp³-hybridized carbons (Fsp3) is 0. The molecule has 0 saturated heterocycles. The smallest absolute Gasteiger partial charge is 0.165 e. The molecule has 272 valence electrons. The van der Waals surface area contributed by atoms with E-state index in [1.807, 2.05) is 30.3 Å². The quantitative estimate of drug-likeness (QED) is 0.155. The summed E-state index contributed by atoms with van der Waals surface area (Å²) in [5.41, 5.74) is 14.0. The monoisotopic (exact) mass is 741 g/mol. The van der Waals surface area contributed by atoms with Crippen LogP contribution in [0.3, 0.4) is 0 Å². The summed E-state index contributed by atoms with van der Waals surface area (Å²) in [7, 11) is 0. The molecule has 0 aliphatic rings. The molecule has 0 saturated carbocycles. The van der Waals surface area contributed by atoms with Gasteiger partial charge in [-0.1, -0.05) is 133 Å². The summed E-state index contributed by atoms with van der Waals surface area (Å²) in [6.07, 6.45) is 7.04. The molecule has 0 amide bonds. The number of fused-ring (bicyclic) bond motifs is 1. The van der Waals surface area contributed by atoms with E-state index in [4.69, 9.17) is 15.0 Å². The molecule has 3 heterocycles. The van der Waals surface area contributed by atoms with E-state index < -0.39 is 0 Å². The Labute approximate surface area is 337 Å². The van der Waals surface area contributed by atoms with E-state index in [9.17, 15) is 0 Å². The summed E-state index contributed by atoms with van der Waals surface area (Å²) < 4.78 is 0. The Balaban J connectivity index is 1.03. The van der Waals surface area contributed by atoms with Gasteiger partial charge in [0.2, 0.25) is 0 Å². The van der Waals surface area contributed by atoms with Crippen LogP contribution in [0.5, 0.6) is 0 Å². The fourth-order valence-electron chi connectivity index (χ4n) is 7.54. The topological polar surface area (TPSA) is 64.5 Å². The van der Waals surface area contributed by atoms with E-state index >= 15 is 0 Å². The Morgan fingerprint density at radius 2 is 0.690 bits per heavy atom. The van der Waals surface area contributed by atoms with E-state index in [-0.39, 0.29) is 0 Å². The molecule has 0 aliphatic carbocycles. The molecule has 0 bridgehead atoms. The van der Waals surface area contributed by atoms with Gasteiger partial charge in [-0.15, -0.1) is 0 Å². The normalized spacial score (nSPS) is 11.1. The van der Waals surface area contributed by atoms with Gasteiger partial charge < -0.3 is 0 Å². The van der Waals surface area contributed by atoms with Gasteiger partial charge in [-0.3, -0.25) is 9.97 Å². The second kappa shape index (κ2) is 15.3. The third-order valence-electron chi connectivity index (χ3n) is 10.5. The first kappa shape index (κ1) is 34.6. The Morgan fingerprint density at radius 3 is 1.26 bits per heavy atom. The lowest BCUT2D eigenvalue weighted by molar-refractivity contribution is 1.07. The lowest BCUT2D eigenvalue weighted by Gasteiger charge is -2.15. The van der Waals surface area contributed by atoms with E-state index in [0.29, 0.717) is 17.5 Å². The van der Waals surface area contributed by atoms with Crippen molar-refractivity contribution in [3.05, 3.63) is 213 Å². The molecule has 7 aromatic carbocycles. The number of aromatic nitrogens is 5.